The predicted molar refractivity (Wildman–Crippen MR) is 125 cm³/mol. The first-order valence-corrected chi connectivity index (χ1v) is 10.7. The van der Waals surface area contributed by atoms with E-state index in [1.165, 1.54) is 25.3 Å². The van der Waals surface area contributed by atoms with Crippen molar-refractivity contribution in [3.63, 3.8) is 0 Å². The molecule has 0 bridgehead atoms. The van der Waals surface area contributed by atoms with Gasteiger partial charge in [-0.1, -0.05) is 41.9 Å². The maximum Gasteiger partial charge on any atom is 0.437 e. The topological polar surface area (TPSA) is 102 Å². The molecule has 1 aliphatic heterocycles. The van der Waals surface area contributed by atoms with Crippen molar-refractivity contribution in [3.05, 3.63) is 98.7 Å². The molecule has 1 unspecified atom stereocenters. The van der Waals surface area contributed by atoms with E-state index < -0.39 is 29.4 Å². The van der Waals surface area contributed by atoms with Gasteiger partial charge in [-0.2, -0.15) is 23.5 Å². The number of methoxy groups -OCH3 is 1. The molecule has 4 rings (SSSR count). The molecular formula is C24H17ClF3N5O3. The third kappa shape index (κ3) is 5.40. The molecular weight excluding hydrogens is 499 g/mol. The zero-order valence-corrected chi connectivity index (χ0v) is 19.3. The lowest BCUT2D eigenvalue weighted by Crippen LogP contribution is -2.37. The summed E-state index contributed by atoms with van der Waals surface area (Å²) in [5, 5.41) is 13.4. The molecule has 0 amide bonds. The minimum Gasteiger partial charge on any atom is -0.449 e. The lowest BCUT2D eigenvalue weighted by molar-refractivity contribution is -0.142. The number of benzene rings is 2. The van der Waals surface area contributed by atoms with Gasteiger partial charge in [-0.15, -0.1) is 0 Å². The highest BCUT2D eigenvalue weighted by Gasteiger charge is 2.39. The number of hydrogen-bond donors (Lipinski definition) is 1. The second kappa shape index (κ2) is 10.2. The average Bonchev–Trinajstić information content (AvgIpc) is 2.85. The van der Waals surface area contributed by atoms with E-state index in [1.807, 2.05) is 36.4 Å². The Balaban J connectivity index is 1.75. The summed E-state index contributed by atoms with van der Waals surface area (Å²) in [5.74, 6) is -1.26. The molecule has 1 N–H and O–H groups in total. The summed E-state index contributed by atoms with van der Waals surface area (Å²) in [5.41, 5.74) is 2.12. The molecule has 184 valence electrons. The second-order valence-electron chi connectivity index (χ2n) is 7.57. The van der Waals surface area contributed by atoms with Crippen molar-refractivity contribution in [1.82, 2.24) is 15.0 Å². The molecule has 3 aromatic rings. The van der Waals surface area contributed by atoms with Crippen molar-refractivity contribution in [2.45, 2.75) is 18.9 Å². The van der Waals surface area contributed by atoms with Gasteiger partial charge in [0.05, 0.1) is 30.2 Å². The van der Waals surface area contributed by atoms with E-state index in [9.17, 15) is 18.0 Å². The first-order chi connectivity index (χ1) is 17.2. The standard InChI is InChI=1S/C24H17ClF3N5O3/c1-35-22-16(9-19(31-32-22)15-5-3-2-4-6-15)12-33-13-30-21(24(26,27)28)20(23(33)34)36-18-8-14(11-29)7-17(25)10-18/h2-10,13,22,32H,12H2,1H3. The van der Waals surface area contributed by atoms with Crippen LogP contribution >= 0.6 is 11.6 Å². The van der Waals surface area contributed by atoms with Gasteiger partial charge in [0.2, 0.25) is 5.75 Å². The van der Waals surface area contributed by atoms with Crippen molar-refractivity contribution in [2.75, 3.05) is 7.11 Å². The lowest BCUT2D eigenvalue weighted by atomic mass is 10.0. The molecule has 1 aromatic heterocycles. The molecule has 0 aliphatic carbocycles. The van der Waals surface area contributed by atoms with Crippen LogP contribution in [-0.2, 0) is 17.5 Å². The number of hydrazone groups is 1. The molecule has 12 heteroatoms. The van der Waals surface area contributed by atoms with Crippen LogP contribution in [0.2, 0.25) is 5.02 Å². The maximum absolute atomic E-state index is 13.7. The molecule has 0 saturated heterocycles. The molecule has 0 saturated carbocycles. The summed E-state index contributed by atoms with van der Waals surface area (Å²) in [6, 6.07) is 14.7. The number of ether oxygens (including phenoxy) is 2. The normalized spacial score (nSPS) is 15.4. The largest absolute Gasteiger partial charge is 0.449 e. The lowest BCUT2D eigenvalue weighted by Gasteiger charge is -2.24. The van der Waals surface area contributed by atoms with Crippen LogP contribution in [-0.4, -0.2) is 28.6 Å². The van der Waals surface area contributed by atoms with Crippen LogP contribution in [0.1, 0.15) is 16.8 Å². The Morgan fingerprint density at radius 2 is 1.97 bits per heavy atom. The molecule has 2 heterocycles. The average molecular weight is 516 g/mol. The number of nitriles is 1. The van der Waals surface area contributed by atoms with Crippen LogP contribution in [0.5, 0.6) is 11.5 Å². The maximum atomic E-state index is 13.7. The van der Waals surface area contributed by atoms with Gasteiger partial charge >= 0.3 is 6.18 Å². The number of nitrogens with one attached hydrogen (secondary N) is 1. The van der Waals surface area contributed by atoms with Crippen LogP contribution < -0.4 is 15.7 Å². The summed E-state index contributed by atoms with van der Waals surface area (Å²) >= 11 is 5.93. The highest BCUT2D eigenvalue weighted by Crippen LogP contribution is 2.35. The Bertz CT molecular complexity index is 1450. The number of halogens is 4. The van der Waals surface area contributed by atoms with Gasteiger partial charge in [-0.3, -0.25) is 14.8 Å². The van der Waals surface area contributed by atoms with Gasteiger partial charge in [0.25, 0.3) is 5.56 Å². The van der Waals surface area contributed by atoms with E-state index in [0.717, 1.165) is 16.5 Å². The molecule has 2 aromatic carbocycles. The van der Waals surface area contributed by atoms with Crippen molar-refractivity contribution in [1.29, 1.82) is 5.26 Å². The number of alkyl halides is 3. The second-order valence-corrected chi connectivity index (χ2v) is 8.01. The quantitative estimate of drug-likeness (QED) is 0.519. The van der Waals surface area contributed by atoms with E-state index in [0.29, 0.717) is 11.3 Å². The summed E-state index contributed by atoms with van der Waals surface area (Å²) in [6.45, 7) is -0.170. The van der Waals surface area contributed by atoms with Crippen molar-refractivity contribution < 1.29 is 22.6 Å². The smallest absolute Gasteiger partial charge is 0.437 e. The summed E-state index contributed by atoms with van der Waals surface area (Å²) in [4.78, 5) is 16.6. The Hall–Kier alpha value is -4.14. The third-order valence-electron chi connectivity index (χ3n) is 5.10. The van der Waals surface area contributed by atoms with Gasteiger partial charge in [-0.05, 0) is 24.3 Å². The van der Waals surface area contributed by atoms with Gasteiger partial charge in [-0.25, -0.2) is 4.98 Å². The zero-order chi connectivity index (χ0) is 25.9. The first-order valence-electron chi connectivity index (χ1n) is 10.4. The minimum atomic E-state index is -4.97. The molecule has 1 atom stereocenters. The molecule has 0 spiro atoms. The molecule has 8 nitrogen and oxygen atoms in total. The third-order valence-corrected chi connectivity index (χ3v) is 5.32. The first kappa shape index (κ1) is 25.0. The molecule has 0 radical (unpaired) electrons. The molecule has 1 aliphatic rings. The number of allylic oxidation sites excluding steroid dienone is 1. The predicted octanol–water partition coefficient (Wildman–Crippen LogP) is 4.49. The van der Waals surface area contributed by atoms with E-state index >= 15 is 0 Å². The Labute approximate surface area is 207 Å². The van der Waals surface area contributed by atoms with Gasteiger partial charge in [0.15, 0.2) is 11.9 Å². The molecule has 0 fully saturated rings. The summed E-state index contributed by atoms with van der Waals surface area (Å²) in [7, 11) is 1.42. The number of rotatable bonds is 6. The van der Waals surface area contributed by atoms with Gasteiger partial charge in [0, 0.05) is 23.3 Å². The minimum absolute atomic E-state index is 0.0457. The monoisotopic (exact) mass is 515 g/mol. The van der Waals surface area contributed by atoms with Gasteiger partial charge in [0.1, 0.15) is 5.75 Å². The van der Waals surface area contributed by atoms with E-state index in [1.54, 1.807) is 6.08 Å². The van der Waals surface area contributed by atoms with Crippen LogP contribution in [0.15, 0.2) is 76.4 Å². The zero-order valence-electron chi connectivity index (χ0n) is 18.6. The fourth-order valence-corrected chi connectivity index (χ4v) is 3.69. The summed E-state index contributed by atoms with van der Waals surface area (Å²) < 4.78 is 52.7. The highest BCUT2D eigenvalue weighted by molar-refractivity contribution is 6.30. The SMILES string of the molecule is COC1NN=C(c2ccccc2)C=C1Cn1cnc(C(F)(F)F)c(Oc2cc(Cl)cc(C#N)c2)c1=O. The highest BCUT2D eigenvalue weighted by atomic mass is 35.5. The number of aromatic nitrogens is 2. The fourth-order valence-electron chi connectivity index (χ4n) is 3.46. The Morgan fingerprint density at radius 1 is 1.22 bits per heavy atom. The Morgan fingerprint density at radius 3 is 2.64 bits per heavy atom. The van der Waals surface area contributed by atoms with Gasteiger partial charge < -0.3 is 9.47 Å². The van der Waals surface area contributed by atoms with Crippen LogP contribution in [0.4, 0.5) is 13.2 Å². The van der Waals surface area contributed by atoms with Crippen LogP contribution in [0.3, 0.4) is 0 Å². The number of nitrogens with zero attached hydrogens (tertiary/aromatic N) is 4. The van der Waals surface area contributed by atoms with E-state index in [-0.39, 0.29) is 22.9 Å². The fraction of sp³-hybridized carbons (Fsp3) is 0.167. The van der Waals surface area contributed by atoms with E-state index in [2.05, 4.69) is 15.5 Å². The van der Waals surface area contributed by atoms with E-state index in [4.69, 9.17) is 26.3 Å². The van der Waals surface area contributed by atoms with Crippen LogP contribution in [0, 0.1) is 11.3 Å². The van der Waals surface area contributed by atoms with Crippen molar-refractivity contribution in [2.24, 2.45) is 5.10 Å². The van der Waals surface area contributed by atoms with Crippen molar-refractivity contribution in [3.8, 4) is 17.6 Å². The molecule has 36 heavy (non-hydrogen) atoms. The van der Waals surface area contributed by atoms with Crippen molar-refractivity contribution >= 4 is 17.3 Å². The summed E-state index contributed by atoms with van der Waals surface area (Å²) in [6.07, 6.45) is -3.24. The number of hydrogen-bond acceptors (Lipinski definition) is 7. The van der Waals surface area contributed by atoms with Crippen LogP contribution in [0.25, 0.3) is 0 Å². The Kier molecular flexibility index (Phi) is 7.10.